The van der Waals surface area contributed by atoms with Crippen molar-refractivity contribution < 1.29 is 0 Å². The van der Waals surface area contributed by atoms with Gasteiger partial charge in [-0.2, -0.15) is 0 Å². The molecule has 96 valence electrons. The Hall–Kier alpha value is -1.69. The molecule has 0 amide bonds. The highest BCUT2D eigenvalue weighted by atomic mass is 32.1. The number of nitrogen functional groups attached to an aromatic ring is 1. The van der Waals surface area contributed by atoms with Crippen molar-refractivity contribution in [2.24, 2.45) is 0 Å². The van der Waals surface area contributed by atoms with Gasteiger partial charge in [0.15, 0.2) is 0 Å². The average molecular weight is 263 g/mol. The quantitative estimate of drug-likeness (QED) is 0.863. The van der Waals surface area contributed by atoms with Crippen LogP contribution in [-0.2, 0) is 12.8 Å². The Kier molecular flexibility index (Phi) is 4.09. The van der Waals surface area contributed by atoms with Crippen LogP contribution >= 0.6 is 11.3 Å². The van der Waals surface area contributed by atoms with Gasteiger partial charge in [0.05, 0.1) is 10.7 Å². The Morgan fingerprint density at radius 3 is 2.83 bits per heavy atom. The fourth-order valence-corrected chi connectivity index (χ4v) is 2.26. The van der Waals surface area contributed by atoms with Crippen molar-refractivity contribution in [1.29, 1.82) is 0 Å². The number of rotatable bonds is 5. The van der Waals surface area contributed by atoms with Gasteiger partial charge in [0.2, 0.25) is 0 Å². The van der Waals surface area contributed by atoms with Crippen molar-refractivity contribution in [2.75, 3.05) is 17.6 Å². The summed E-state index contributed by atoms with van der Waals surface area (Å²) in [4.78, 5) is 12.9. The molecule has 6 heteroatoms. The van der Waals surface area contributed by atoms with E-state index in [1.807, 2.05) is 13.8 Å². The summed E-state index contributed by atoms with van der Waals surface area (Å²) in [5.74, 6) is 2.06. The molecular weight excluding hydrogens is 246 g/mol. The van der Waals surface area contributed by atoms with E-state index in [9.17, 15) is 0 Å². The smallest absolute Gasteiger partial charge is 0.132 e. The van der Waals surface area contributed by atoms with E-state index in [0.717, 1.165) is 41.7 Å². The van der Waals surface area contributed by atoms with E-state index in [-0.39, 0.29) is 0 Å². The number of anilines is 2. The first-order chi connectivity index (χ1) is 8.67. The fraction of sp³-hybridized carbons (Fsp3) is 0.417. The molecule has 0 aliphatic heterocycles. The van der Waals surface area contributed by atoms with Crippen LogP contribution in [0.25, 0.3) is 0 Å². The first kappa shape index (κ1) is 12.8. The monoisotopic (exact) mass is 263 g/mol. The number of aryl methyl sites for hydroxylation is 2. The Morgan fingerprint density at radius 1 is 1.33 bits per heavy atom. The molecule has 3 N–H and O–H groups in total. The standard InChI is InChI=1S/C12H17N5S/c1-3-11-16-10(13)6-12(17-11)14-5-4-9-7-18-8(2)15-9/h6-7H,3-5H2,1-2H3,(H3,13,14,16,17). The maximum Gasteiger partial charge on any atom is 0.132 e. The van der Waals surface area contributed by atoms with Crippen molar-refractivity contribution in [1.82, 2.24) is 15.0 Å². The minimum absolute atomic E-state index is 0.508. The third kappa shape index (κ3) is 3.40. The molecule has 0 aromatic carbocycles. The van der Waals surface area contributed by atoms with Gasteiger partial charge in [0.1, 0.15) is 17.5 Å². The Bertz CT molecular complexity index is 523. The molecule has 0 aliphatic rings. The van der Waals surface area contributed by atoms with Crippen LogP contribution in [0, 0.1) is 6.92 Å². The average Bonchev–Trinajstić information content (AvgIpc) is 2.74. The van der Waals surface area contributed by atoms with E-state index in [2.05, 4.69) is 25.6 Å². The van der Waals surface area contributed by atoms with Gasteiger partial charge in [-0.3, -0.25) is 0 Å². The Labute approximate surface area is 111 Å². The molecule has 0 saturated heterocycles. The van der Waals surface area contributed by atoms with Crippen LogP contribution in [0.1, 0.15) is 23.4 Å². The summed E-state index contributed by atoms with van der Waals surface area (Å²) in [6.45, 7) is 4.82. The molecule has 0 fully saturated rings. The van der Waals surface area contributed by atoms with E-state index >= 15 is 0 Å². The molecule has 2 aromatic rings. The largest absolute Gasteiger partial charge is 0.384 e. The van der Waals surface area contributed by atoms with Gasteiger partial charge in [-0.1, -0.05) is 6.92 Å². The van der Waals surface area contributed by atoms with Crippen LogP contribution in [0.5, 0.6) is 0 Å². The van der Waals surface area contributed by atoms with Crippen molar-refractivity contribution in [3.8, 4) is 0 Å². The molecule has 2 rings (SSSR count). The summed E-state index contributed by atoms with van der Waals surface area (Å²) in [6.07, 6.45) is 1.67. The fourth-order valence-electron chi connectivity index (χ4n) is 1.61. The van der Waals surface area contributed by atoms with Gasteiger partial charge in [0.25, 0.3) is 0 Å². The summed E-state index contributed by atoms with van der Waals surface area (Å²) in [7, 11) is 0. The molecule has 2 aromatic heterocycles. The minimum atomic E-state index is 0.508. The number of nitrogens with two attached hydrogens (primary N) is 1. The van der Waals surface area contributed by atoms with E-state index in [1.54, 1.807) is 17.4 Å². The second kappa shape index (κ2) is 5.77. The van der Waals surface area contributed by atoms with Crippen molar-refractivity contribution in [2.45, 2.75) is 26.7 Å². The zero-order valence-electron chi connectivity index (χ0n) is 10.6. The van der Waals surface area contributed by atoms with E-state index in [4.69, 9.17) is 5.73 Å². The summed E-state index contributed by atoms with van der Waals surface area (Å²) in [5, 5.41) is 6.44. The molecule has 5 nitrogen and oxygen atoms in total. The molecule has 0 atom stereocenters. The molecule has 2 heterocycles. The number of nitrogens with one attached hydrogen (secondary N) is 1. The molecule has 0 radical (unpaired) electrons. The highest BCUT2D eigenvalue weighted by Crippen LogP contribution is 2.11. The first-order valence-electron chi connectivity index (χ1n) is 5.95. The maximum atomic E-state index is 5.72. The second-order valence-corrected chi connectivity index (χ2v) is 5.04. The van der Waals surface area contributed by atoms with E-state index in [0.29, 0.717) is 5.82 Å². The summed E-state index contributed by atoms with van der Waals surface area (Å²) < 4.78 is 0. The first-order valence-corrected chi connectivity index (χ1v) is 6.83. The second-order valence-electron chi connectivity index (χ2n) is 3.98. The third-order valence-electron chi connectivity index (χ3n) is 2.46. The normalized spacial score (nSPS) is 10.6. The number of hydrogen-bond acceptors (Lipinski definition) is 6. The maximum absolute atomic E-state index is 5.72. The van der Waals surface area contributed by atoms with E-state index in [1.165, 1.54) is 0 Å². The van der Waals surface area contributed by atoms with Gasteiger partial charge in [-0.25, -0.2) is 15.0 Å². The lowest BCUT2D eigenvalue weighted by Crippen LogP contribution is -2.09. The zero-order valence-corrected chi connectivity index (χ0v) is 11.4. The predicted molar refractivity (Wildman–Crippen MR) is 74.9 cm³/mol. The highest BCUT2D eigenvalue weighted by molar-refractivity contribution is 7.09. The van der Waals surface area contributed by atoms with Crippen LogP contribution in [0.2, 0.25) is 0 Å². The molecule has 0 spiro atoms. The molecule has 0 bridgehead atoms. The molecule has 18 heavy (non-hydrogen) atoms. The summed E-state index contributed by atoms with van der Waals surface area (Å²) >= 11 is 1.67. The Morgan fingerprint density at radius 2 is 2.17 bits per heavy atom. The van der Waals surface area contributed by atoms with Crippen LogP contribution in [0.15, 0.2) is 11.4 Å². The summed E-state index contributed by atoms with van der Waals surface area (Å²) in [5.41, 5.74) is 6.83. The minimum Gasteiger partial charge on any atom is -0.384 e. The number of nitrogens with zero attached hydrogens (tertiary/aromatic N) is 3. The number of hydrogen-bond donors (Lipinski definition) is 2. The van der Waals surface area contributed by atoms with Gasteiger partial charge >= 0.3 is 0 Å². The van der Waals surface area contributed by atoms with Crippen molar-refractivity contribution in [3.63, 3.8) is 0 Å². The van der Waals surface area contributed by atoms with Gasteiger partial charge in [-0.05, 0) is 6.92 Å². The third-order valence-corrected chi connectivity index (χ3v) is 3.28. The predicted octanol–water partition coefficient (Wildman–Crippen LogP) is 2.04. The van der Waals surface area contributed by atoms with Crippen LogP contribution in [0.3, 0.4) is 0 Å². The van der Waals surface area contributed by atoms with Gasteiger partial charge in [0, 0.05) is 30.8 Å². The zero-order chi connectivity index (χ0) is 13.0. The lowest BCUT2D eigenvalue weighted by Gasteiger charge is -2.06. The topological polar surface area (TPSA) is 76.7 Å². The SMILES string of the molecule is CCc1nc(N)cc(NCCc2csc(C)n2)n1. The van der Waals surface area contributed by atoms with Gasteiger partial charge < -0.3 is 11.1 Å². The molecular formula is C12H17N5S. The molecule has 0 unspecified atom stereocenters. The van der Waals surface area contributed by atoms with Crippen molar-refractivity contribution >= 4 is 23.0 Å². The number of aromatic nitrogens is 3. The summed E-state index contributed by atoms with van der Waals surface area (Å²) in [6, 6.07) is 1.76. The lowest BCUT2D eigenvalue weighted by molar-refractivity contribution is 0.920. The van der Waals surface area contributed by atoms with Crippen LogP contribution in [0.4, 0.5) is 11.6 Å². The van der Waals surface area contributed by atoms with Gasteiger partial charge in [-0.15, -0.1) is 11.3 Å². The number of thiazole rings is 1. The molecule has 0 saturated carbocycles. The highest BCUT2D eigenvalue weighted by Gasteiger charge is 2.02. The van der Waals surface area contributed by atoms with Crippen molar-refractivity contribution in [3.05, 3.63) is 28.0 Å². The van der Waals surface area contributed by atoms with Crippen LogP contribution < -0.4 is 11.1 Å². The lowest BCUT2D eigenvalue weighted by atomic mass is 10.3. The Balaban J connectivity index is 1.91. The van der Waals surface area contributed by atoms with Crippen LogP contribution in [-0.4, -0.2) is 21.5 Å². The van der Waals surface area contributed by atoms with E-state index < -0.39 is 0 Å². The molecule has 0 aliphatic carbocycles.